The third-order valence-electron chi connectivity index (χ3n) is 5.01. The van der Waals surface area contributed by atoms with E-state index in [-0.39, 0.29) is 11.2 Å². The third-order valence-corrected chi connectivity index (χ3v) is 5.01. The first kappa shape index (κ1) is 13.1. The van der Waals surface area contributed by atoms with Gasteiger partial charge in [-0.2, -0.15) is 0 Å². The number of allylic oxidation sites excluding steroid dienone is 5. The lowest BCUT2D eigenvalue weighted by atomic mass is 9.72. The third kappa shape index (κ3) is 1.79. The molecule has 0 radical (unpaired) electrons. The monoisotopic (exact) mass is 280 g/mol. The van der Waals surface area contributed by atoms with Gasteiger partial charge in [0.25, 0.3) is 0 Å². The van der Waals surface area contributed by atoms with E-state index < -0.39 is 0 Å². The van der Waals surface area contributed by atoms with Crippen molar-refractivity contribution in [3.8, 4) is 0 Å². The maximum Gasteiger partial charge on any atom is 0.128 e. The Morgan fingerprint density at radius 1 is 0.810 bits per heavy atom. The van der Waals surface area contributed by atoms with E-state index in [0.29, 0.717) is 0 Å². The van der Waals surface area contributed by atoms with Crippen molar-refractivity contribution in [1.82, 2.24) is 0 Å². The van der Waals surface area contributed by atoms with Crippen molar-refractivity contribution in [2.45, 2.75) is 30.5 Å². The molecular formula is C19H20O2. The minimum atomic E-state index is -0.313. The molecule has 1 aromatic carbocycles. The molecule has 0 bridgehead atoms. The van der Waals surface area contributed by atoms with Crippen LogP contribution in [0.4, 0.5) is 0 Å². The first-order valence-corrected chi connectivity index (χ1v) is 7.74. The second kappa shape index (κ2) is 4.97. The summed E-state index contributed by atoms with van der Waals surface area (Å²) in [4.78, 5) is 0. The van der Waals surface area contributed by atoms with Gasteiger partial charge >= 0.3 is 0 Å². The predicted molar refractivity (Wildman–Crippen MR) is 83.0 cm³/mol. The lowest BCUT2D eigenvalue weighted by Gasteiger charge is -2.40. The van der Waals surface area contributed by atoms with Crippen LogP contribution in [0.3, 0.4) is 0 Å². The van der Waals surface area contributed by atoms with Crippen molar-refractivity contribution in [3.05, 3.63) is 71.8 Å². The fraction of sp³-hybridized carbons (Fsp3) is 0.368. The summed E-state index contributed by atoms with van der Waals surface area (Å²) in [6.07, 6.45) is 13.5. The van der Waals surface area contributed by atoms with Crippen molar-refractivity contribution in [1.29, 1.82) is 0 Å². The molecule has 0 aromatic heterocycles. The van der Waals surface area contributed by atoms with Crippen LogP contribution in [-0.2, 0) is 15.1 Å². The fourth-order valence-electron chi connectivity index (χ4n) is 4.08. The molecule has 2 aliphatic heterocycles. The molecular weight excluding hydrogens is 260 g/mol. The highest BCUT2D eigenvalue weighted by Gasteiger charge is 2.63. The molecule has 2 fully saturated rings. The predicted octanol–water partition coefficient (Wildman–Crippen LogP) is 3.90. The van der Waals surface area contributed by atoms with E-state index in [1.165, 1.54) is 11.1 Å². The van der Waals surface area contributed by atoms with E-state index in [4.69, 9.17) is 9.47 Å². The van der Waals surface area contributed by atoms with Gasteiger partial charge in [-0.25, -0.2) is 0 Å². The molecule has 4 rings (SSSR count). The quantitative estimate of drug-likeness (QED) is 0.818. The second-order valence-electron chi connectivity index (χ2n) is 5.93. The number of ether oxygens (including phenoxy) is 2. The van der Waals surface area contributed by atoms with Crippen LogP contribution in [0.5, 0.6) is 0 Å². The van der Waals surface area contributed by atoms with Gasteiger partial charge in [-0.3, -0.25) is 0 Å². The fourth-order valence-corrected chi connectivity index (χ4v) is 4.08. The van der Waals surface area contributed by atoms with E-state index in [1.54, 1.807) is 0 Å². The minimum Gasteiger partial charge on any atom is -0.367 e. The minimum absolute atomic E-state index is 0.298. The summed E-state index contributed by atoms with van der Waals surface area (Å²) < 4.78 is 12.7. The van der Waals surface area contributed by atoms with Crippen LogP contribution in [0.2, 0.25) is 0 Å². The summed E-state index contributed by atoms with van der Waals surface area (Å²) in [6, 6.07) is 10.6. The van der Waals surface area contributed by atoms with Gasteiger partial charge in [0.1, 0.15) is 11.2 Å². The Morgan fingerprint density at radius 3 is 2.43 bits per heavy atom. The SMILES string of the molecule is C1=CC=C([C@@]23CCO[C@]2(c2ccccc2)CCO3)CC=C1. The van der Waals surface area contributed by atoms with Crippen LogP contribution >= 0.6 is 0 Å². The number of hydrogen-bond donors (Lipinski definition) is 0. The van der Waals surface area contributed by atoms with Crippen LogP contribution in [0.1, 0.15) is 24.8 Å². The molecule has 0 amide bonds. The lowest BCUT2D eigenvalue weighted by Crippen LogP contribution is -2.46. The summed E-state index contributed by atoms with van der Waals surface area (Å²) in [5.41, 5.74) is 1.98. The maximum atomic E-state index is 6.36. The molecule has 0 N–H and O–H groups in total. The first-order chi connectivity index (χ1) is 10.4. The smallest absolute Gasteiger partial charge is 0.128 e. The van der Waals surface area contributed by atoms with Crippen molar-refractivity contribution < 1.29 is 9.47 Å². The van der Waals surface area contributed by atoms with E-state index in [9.17, 15) is 0 Å². The van der Waals surface area contributed by atoms with E-state index in [1.807, 2.05) is 0 Å². The van der Waals surface area contributed by atoms with Gasteiger partial charge in [0, 0.05) is 12.8 Å². The molecule has 0 unspecified atom stereocenters. The van der Waals surface area contributed by atoms with E-state index in [0.717, 1.165) is 32.5 Å². The highest BCUT2D eigenvalue weighted by molar-refractivity contribution is 5.41. The molecule has 2 nitrogen and oxygen atoms in total. The Labute approximate surface area is 125 Å². The zero-order valence-electron chi connectivity index (χ0n) is 12.1. The molecule has 3 aliphatic rings. The average molecular weight is 280 g/mol. The molecule has 21 heavy (non-hydrogen) atoms. The van der Waals surface area contributed by atoms with Crippen LogP contribution in [0, 0.1) is 0 Å². The Hall–Kier alpha value is -1.64. The van der Waals surface area contributed by atoms with Crippen LogP contribution in [0.15, 0.2) is 66.3 Å². The average Bonchev–Trinajstić information content (AvgIpc) is 2.93. The Balaban J connectivity index is 1.84. The Bertz CT molecular complexity index is 600. The van der Waals surface area contributed by atoms with Gasteiger partial charge in [-0.05, 0) is 17.6 Å². The lowest BCUT2D eigenvalue weighted by molar-refractivity contribution is -0.0711. The summed E-state index contributed by atoms with van der Waals surface area (Å²) in [5, 5.41) is 0. The number of fused-ring (bicyclic) bond motifs is 1. The van der Waals surface area contributed by atoms with Gasteiger partial charge in [0.2, 0.25) is 0 Å². The molecule has 1 aliphatic carbocycles. The maximum absolute atomic E-state index is 6.36. The number of hydrogen-bond acceptors (Lipinski definition) is 2. The molecule has 0 saturated carbocycles. The molecule has 2 heteroatoms. The highest BCUT2D eigenvalue weighted by Crippen LogP contribution is 2.57. The Morgan fingerprint density at radius 2 is 1.57 bits per heavy atom. The first-order valence-electron chi connectivity index (χ1n) is 7.74. The zero-order chi connectivity index (χ0) is 14.2. The zero-order valence-corrected chi connectivity index (χ0v) is 12.1. The summed E-state index contributed by atoms with van der Waals surface area (Å²) in [6.45, 7) is 1.53. The molecule has 1 aromatic rings. The number of rotatable bonds is 2. The standard InChI is InChI=1S/C19H20O2/c1-2-5-9-16(8-4-1)18-12-14-21-19(18,13-15-20-18)17-10-6-3-7-11-17/h1-8,10-11H,9,12-15H2/t18-,19-/m0/s1. The van der Waals surface area contributed by atoms with E-state index in [2.05, 4.69) is 60.7 Å². The van der Waals surface area contributed by atoms with Crippen LogP contribution in [0.25, 0.3) is 0 Å². The van der Waals surface area contributed by atoms with Crippen molar-refractivity contribution >= 4 is 0 Å². The molecule has 0 spiro atoms. The normalized spacial score (nSPS) is 34.6. The van der Waals surface area contributed by atoms with Gasteiger partial charge in [-0.1, -0.05) is 60.7 Å². The van der Waals surface area contributed by atoms with Gasteiger partial charge in [0.05, 0.1) is 13.2 Å². The topological polar surface area (TPSA) is 18.5 Å². The largest absolute Gasteiger partial charge is 0.367 e. The van der Waals surface area contributed by atoms with Crippen molar-refractivity contribution in [2.24, 2.45) is 0 Å². The van der Waals surface area contributed by atoms with E-state index >= 15 is 0 Å². The summed E-state index contributed by atoms with van der Waals surface area (Å²) in [5.74, 6) is 0. The van der Waals surface area contributed by atoms with Crippen molar-refractivity contribution in [2.75, 3.05) is 13.2 Å². The number of benzene rings is 1. The van der Waals surface area contributed by atoms with Crippen molar-refractivity contribution in [3.63, 3.8) is 0 Å². The van der Waals surface area contributed by atoms with Crippen LogP contribution < -0.4 is 0 Å². The molecule has 2 heterocycles. The second-order valence-corrected chi connectivity index (χ2v) is 5.93. The van der Waals surface area contributed by atoms with Gasteiger partial charge in [0.15, 0.2) is 0 Å². The highest BCUT2D eigenvalue weighted by atomic mass is 16.6. The molecule has 2 atom stereocenters. The Kier molecular flexibility index (Phi) is 3.09. The summed E-state index contributed by atoms with van der Waals surface area (Å²) in [7, 11) is 0. The molecule has 2 saturated heterocycles. The van der Waals surface area contributed by atoms with Gasteiger partial charge in [-0.15, -0.1) is 0 Å². The summed E-state index contributed by atoms with van der Waals surface area (Å²) >= 11 is 0. The van der Waals surface area contributed by atoms with Gasteiger partial charge < -0.3 is 9.47 Å². The molecule has 108 valence electrons. The van der Waals surface area contributed by atoms with Crippen LogP contribution in [-0.4, -0.2) is 18.8 Å².